The molecule has 1 saturated carbocycles. The van der Waals surface area contributed by atoms with Crippen LogP contribution in [0.5, 0.6) is 5.75 Å². The topological polar surface area (TPSA) is 58.6 Å². The van der Waals surface area contributed by atoms with E-state index in [0.29, 0.717) is 15.2 Å². The number of ether oxygens (including phenoxy) is 1. The fourth-order valence-corrected chi connectivity index (χ4v) is 3.17. The Balaban J connectivity index is 1.92. The number of nitrogens with one attached hydrogen (secondary N) is 1. The molecule has 0 saturated heterocycles. The molecule has 1 aliphatic carbocycles. The quantitative estimate of drug-likeness (QED) is 0.848. The van der Waals surface area contributed by atoms with Crippen LogP contribution in [0.2, 0.25) is 5.02 Å². The Bertz CT molecular complexity index is 512. The molecule has 3 atom stereocenters. The van der Waals surface area contributed by atoms with Crippen LogP contribution in [0.3, 0.4) is 0 Å². The predicted octanol–water partition coefficient (Wildman–Crippen LogP) is 3.29. The lowest BCUT2D eigenvalue weighted by molar-refractivity contribution is -0.129. The smallest absolute Gasteiger partial charge is 0.261 e. The largest absolute Gasteiger partial charge is 0.480 e. The van der Waals surface area contributed by atoms with Crippen molar-refractivity contribution in [3.63, 3.8) is 0 Å². The zero-order valence-electron chi connectivity index (χ0n) is 11.8. The number of amides is 1. The molecule has 2 rings (SSSR count). The summed E-state index contributed by atoms with van der Waals surface area (Å²) in [5, 5.41) is 13.3. The summed E-state index contributed by atoms with van der Waals surface area (Å²) >= 11 is 9.22. The number of carbonyl (C=O) groups is 1. The normalized spacial score (nSPS) is 23.4. The molecule has 1 aliphatic rings. The van der Waals surface area contributed by atoms with Gasteiger partial charge in [0.05, 0.1) is 16.6 Å². The molecule has 0 bridgehead atoms. The van der Waals surface area contributed by atoms with Gasteiger partial charge in [-0.25, -0.2) is 0 Å². The van der Waals surface area contributed by atoms with Gasteiger partial charge >= 0.3 is 0 Å². The number of rotatable bonds is 4. The zero-order chi connectivity index (χ0) is 15.4. The van der Waals surface area contributed by atoms with Crippen LogP contribution < -0.4 is 10.1 Å². The van der Waals surface area contributed by atoms with E-state index >= 15 is 0 Å². The molecule has 1 amide bonds. The molecule has 0 aliphatic heterocycles. The molecule has 0 spiro atoms. The highest BCUT2D eigenvalue weighted by atomic mass is 79.9. The van der Waals surface area contributed by atoms with Crippen LogP contribution in [0.15, 0.2) is 22.7 Å². The lowest BCUT2D eigenvalue weighted by atomic mass is 9.92. The summed E-state index contributed by atoms with van der Waals surface area (Å²) in [4.78, 5) is 12.2. The van der Waals surface area contributed by atoms with Gasteiger partial charge in [-0.2, -0.15) is 0 Å². The first-order valence-electron chi connectivity index (χ1n) is 7.07. The summed E-state index contributed by atoms with van der Waals surface area (Å²) in [6, 6.07) is 4.96. The van der Waals surface area contributed by atoms with E-state index in [1.165, 1.54) is 0 Å². The van der Waals surface area contributed by atoms with Gasteiger partial charge in [0.15, 0.2) is 6.10 Å². The lowest BCUT2D eigenvalue weighted by Crippen LogP contribution is -2.49. The van der Waals surface area contributed by atoms with Gasteiger partial charge in [0.1, 0.15) is 5.75 Å². The Morgan fingerprint density at radius 3 is 2.86 bits per heavy atom. The van der Waals surface area contributed by atoms with Gasteiger partial charge in [-0.3, -0.25) is 4.79 Å². The summed E-state index contributed by atoms with van der Waals surface area (Å²) in [6.45, 7) is 1.69. The van der Waals surface area contributed by atoms with Crippen LogP contribution in [0.25, 0.3) is 0 Å². The molecule has 0 aromatic heterocycles. The fourth-order valence-electron chi connectivity index (χ4n) is 2.39. The van der Waals surface area contributed by atoms with Crippen LogP contribution in [0, 0.1) is 0 Å². The number of hydrogen-bond donors (Lipinski definition) is 2. The first kappa shape index (κ1) is 16.6. The monoisotopic (exact) mass is 375 g/mol. The maximum Gasteiger partial charge on any atom is 0.261 e. The van der Waals surface area contributed by atoms with Crippen molar-refractivity contribution in [1.29, 1.82) is 0 Å². The number of halogens is 2. The Morgan fingerprint density at radius 2 is 2.19 bits per heavy atom. The third-order valence-electron chi connectivity index (χ3n) is 3.62. The first-order chi connectivity index (χ1) is 9.97. The van der Waals surface area contributed by atoms with Crippen LogP contribution in [-0.4, -0.2) is 29.3 Å². The minimum absolute atomic E-state index is 0.175. The van der Waals surface area contributed by atoms with E-state index in [1.807, 2.05) is 0 Å². The molecule has 1 aromatic rings. The minimum Gasteiger partial charge on any atom is -0.480 e. The van der Waals surface area contributed by atoms with Crippen molar-refractivity contribution in [1.82, 2.24) is 5.32 Å². The SMILES string of the molecule is CC(Oc1ccc(Cl)cc1Br)C(=O)N[C@@H]1CCCC[C@H]1O. The molecular formula is C15H19BrClNO3. The van der Waals surface area contributed by atoms with Gasteiger partial charge in [0.2, 0.25) is 0 Å². The highest BCUT2D eigenvalue weighted by molar-refractivity contribution is 9.10. The molecular weight excluding hydrogens is 358 g/mol. The van der Waals surface area contributed by atoms with Crippen molar-refractivity contribution in [2.24, 2.45) is 0 Å². The molecule has 1 fully saturated rings. The van der Waals surface area contributed by atoms with Gasteiger partial charge < -0.3 is 15.2 Å². The third-order valence-corrected chi connectivity index (χ3v) is 4.48. The van der Waals surface area contributed by atoms with Crippen molar-refractivity contribution < 1.29 is 14.6 Å². The average Bonchev–Trinajstić information content (AvgIpc) is 2.44. The molecule has 1 aromatic carbocycles. The molecule has 6 heteroatoms. The molecule has 116 valence electrons. The van der Waals surface area contributed by atoms with Crippen molar-refractivity contribution >= 4 is 33.4 Å². The van der Waals surface area contributed by atoms with E-state index in [4.69, 9.17) is 16.3 Å². The molecule has 0 radical (unpaired) electrons. The molecule has 21 heavy (non-hydrogen) atoms. The summed E-state index contributed by atoms with van der Waals surface area (Å²) < 4.78 is 6.34. The van der Waals surface area contributed by atoms with E-state index in [-0.39, 0.29) is 11.9 Å². The summed E-state index contributed by atoms with van der Waals surface area (Å²) in [6.07, 6.45) is 2.48. The highest BCUT2D eigenvalue weighted by Crippen LogP contribution is 2.28. The first-order valence-corrected chi connectivity index (χ1v) is 8.24. The van der Waals surface area contributed by atoms with Crippen LogP contribution >= 0.6 is 27.5 Å². The van der Waals surface area contributed by atoms with E-state index in [1.54, 1.807) is 25.1 Å². The third kappa shape index (κ3) is 4.59. The predicted molar refractivity (Wildman–Crippen MR) is 85.6 cm³/mol. The fraction of sp³-hybridized carbons (Fsp3) is 0.533. The second kappa shape index (κ2) is 7.47. The van der Waals surface area contributed by atoms with E-state index < -0.39 is 12.2 Å². The second-order valence-corrected chi connectivity index (χ2v) is 6.59. The number of aliphatic hydroxyl groups is 1. The molecule has 1 unspecified atom stereocenters. The van der Waals surface area contributed by atoms with Crippen LogP contribution in [0.1, 0.15) is 32.6 Å². The van der Waals surface area contributed by atoms with Gasteiger partial charge in [0, 0.05) is 5.02 Å². The zero-order valence-corrected chi connectivity index (χ0v) is 14.2. The van der Waals surface area contributed by atoms with E-state index in [2.05, 4.69) is 21.2 Å². The summed E-state index contributed by atoms with van der Waals surface area (Å²) in [7, 11) is 0. The highest BCUT2D eigenvalue weighted by Gasteiger charge is 2.27. The second-order valence-electron chi connectivity index (χ2n) is 5.30. The molecule has 0 heterocycles. The molecule has 2 N–H and O–H groups in total. The lowest BCUT2D eigenvalue weighted by Gasteiger charge is -2.29. The standard InChI is InChI=1S/C15H19BrClNO3/c1-9(21-14-7-6-10(17)8-11(14)16)15(20)18-12-4-2-3-5-13(12)19/h6-9,12-13,19H,2-5H2,1H3,(H,18,20)/t9?,12-,13-/m1/s1. The average molecular weight is 377 g/mol. The van der Waals surface area contributed by atoms with Gasteiger partial charge in [-0.1, -0.05) is 24.4 Å². The minimum atomic E-state index is -0.642. The maximum absolute atomic E-state index is 12.2. The maximum atomic E-state index is 12.2. The van der Waals surface area contributed by atoms with Crippen molar-refractivity contribution in [2.75, 3.05) is 0 Å². The molecule has 4 nitrogen and oxygen atoms in total. The van der Waals surface area contributed by atoms with Crippen molar-refractivity contribution in [3.8, 4) is 5.75 Å². The van der Waals surface area contributed by atoms with Gasteiger partial charge in [-0.05, 0) is 53.9 Å². The van der Waals surface area contributed by atoms with E-state index in [0.717, 1.165) is 25.7 Å². The Kier molecular flexibility index (Phi) is 5.90. The van der Waals surface area contributed by atoms with E-state index in [9.17, 15) is 9.90 Å². The van der Waals surface area contributed by atoms with Crippen molar-refractivity contribution in [3.05, 3.63) is 27.7 Å². The van der Waals surface area contributed by atoms with Crippen LogP contribution in [0.4, 0.5) is 0 Å². The van der Waals surface area contributed by atoms with Crippen molar-refractivity contribution in [2.45, 2.75) is 50.9 Å². The summed E-state index contributed by atoms with van der Waals surface area (Å²) in [5.74, 6) is 0.342. The van der Waals surface area contributed by atoms with Gasteiger partial charge in [0.25, 0.3) is 5.91 Å². The Hall–Kier alpha value is -0.780. The number of hydrogen-bond acceptors (Lipinski definition) is 3. The van der Waals surface area contributed by atoms with Crippen LogP contribution in [-0.2, 0) is 4.79 Å². The Morgan fingerprint density at radius 1 is 1.48 bits per heavy atom. The number of carbonyl (C=O) groups excluding carboxylic acids is 1. The Labute approximate surface area is 138 Å². The number of aliphatic hydroxyl groups excluding tert-OH is 1. The summed E-state index contributed by atoms with van der Waals surface area (Å²) in [5.41, 5.74) is 0. The van der Waals surface area contributed by atoms with Gasteiger partial charge in [-0.15, -0.1) is 0 Å². The number of benzene rings is 1.